The lowest BCUT2D eigenvalue weighted by Gasteiger charge is -2.37. The first-order valence-electron chi connectivity index (χ1n) is 8.88. The van der Waals surface area contributed by atoms with E-state index < -0.39 is 0 Å². The molecule has 0 radical (unpaired) electrons. The Morgan fingerprint density at radius 1 is 1.26 bits per heavy atom. The summed E-state index contributed by atoms with van der Waals surface area (Å²) < 4.78 is 5.66. The number of carbonyl (C=O) groups is 1. The maximum Gasteiger partial charge on any atom is 0.408 e. The molecule has 0 aromatic carbocycles. The monoisotopic (exact) mass is 324 g/mol. The normalized spacial score (nSPS) is 28.7. The first-order valence-corrected chi connectivity index (χ1v) is 8.88. The summed E-state index contributed by atoms with van der Waals surface area (Å²) in [6, 6.07) is 0. The van der Waals surface area contributed by atoms with Crippen molar-refractivity contribution in [2.75, 3.05) is 0 Å². The lowest BCUT2D eigenvalue weighted by atomic mass is 9.84. The number of carbonyl (C=O) groups excluding carboxylic acids is 1. The summed E-state index contributed by atoms with van der Waals surface area (Å²) in [5.41, 5.74) is 3.68. The maximum absolute atomic E-state index is 12.0. The Morgan fingerprint density at radius 2 is 1.96 bits per heavy atom. The highest BCUT2D eigenvalue weighted by Crippen LogP contribution is 2.33. The number of rotatable bonds is 4. The van der Waals surface area contributed by atoms with Gasteiger partial charge in [-0.2, -0.15) is 0 Å². The molecule has 1 fully saturated rings. The summed E-state index contributed by atoms with van der Waals surface area (Å²) in [4.78, 5) is 17.8. The average Bonchev–Trinajstić information content (AvgIpc) is 2.45. The van der Waals surface area contributed by atoms with Crippen molar-refractivity contribution >= 4 is 6.09 Å². The van der Waals surface area contributed by atoms with Crippen LogP contribution < -0.4 is 10.8 Å². The van der Waals surface area contributed by atoms with Gasteiger partial charge in [0.2, 0.25) is 0 Å². The smallest absolute Gasteiger partial charge is 0.408 e. The van der Waals surface area contributed by atoms with E-state index in [1.807, 2.05) is 27.7 Å². The Balaban J connectivity index is 1.71. The molecule has 5 heteroatoms. The number of hydroxylamine groups is 1. The van der Waals surface area contributed by atoms with E-state index in [4.69, 9.17) is 9.57 Å². The first-order chi connectivity index (χ1) is 10.8. The van der Waals surface area contributed by atoms with E-state index >= 15 is 0 Å². The van der Waals surface area contributed by atoms with Gasteiger partial charge in [0.15, 0.2) is 0 Å². The number of hydrogen-bond donors (Lipinski definition) is 2. The van der Waals surface area contributed by atoms with Crippen LogP contribution in [0.4, 0.5) is 4.79 Å². The number of amides is 1. The first kappa shape index (κ1) is 18.1. The lowest BCUT2D eigenvalue weighted by Crippen LogP contribution is -2.46. The molecular weight excluding hydrogens is 292 g/mol. The molecule has 2 aliphatic carbocycles. The summed E-state index contributed by atoms with van der Waals surface area (Å²) in [5, 5.41) is 2.86. The van der Waals surface area contributed by atoms with Gasteiger partial charge in [0.05, 0.1) is 6.10 Å². The fourth-order valence-corrected chi connectivity index (χ4v) is 3.07. The van der Waals surface area contributed by atoms with Crippen molar-refractivity contribution in [1.82, 2.24) is 10.8 Å². The van der Waals surface area contributed by atoms with Crippen molar-refractivity contribution in [3.63, 3.8) is 0 Å². The number of alkyl carbamates (subject to hydrolysis) is 1. The van der Waals surface area contributed by atoms with Crippen molar-refractivity contribution in [3.05, 3.63) is 11.8 Å². The SMILES string of the molecule is CC(C)(C)NC(=O)OC1(C)CCC(ONC2=CCCCC2)CC1. The van der Waals surface area contributed by atoms with Gasteiger partial charge in [-0.3, -0.25) is 10.3 Å². The van der Waals surface area contributed by atoms with E-state index in [1.165, 1.54) is 18.5 Å². The maximum atomic E-state index is 12.0. The van der Waals surface area contributed by atoms with Gasteiger partial charge in [0.25, 0.3) is 0 Å². The molecule has 0 aromatic heterocycles. The van der Waals surface area contributed by atoms with Crippen LogP contribution in [0.25, 0.3) is 0 Å². The third kappa shape index (κ3) is 6.42. The molecule has 0 aromatic rings. The van der Waals surface area contributed by atoms with Gasteiger partial charge < -0.3 is 10.1 Å². The molecule has 0 spiro atoms. The number of ether oxygens (including phenoxy) is 1. The molecule has 0 aliphatic heterocycles. The van der Waals surface area contributed by atoms with Gasteiger partial charge in [-0.25, -0.2) is 4.79 Å². The van der Waals surface area contributed by atoms with Crippen LogP contribution in [0.1, 0.15) is 79.1 Å². The van der Waals surface area contributed by atoms with E-state index in [2.05, 4.69) is 16.9 Å². The molecule has 1 saturated carbocycles. The van der Waals surface area contributed by atoms with Gasteiger partial charge in [-0.05, 0) is 79.1 Å². The highest BCUT2D eigenvalue weighted by Gasteiger charge is 2.35. The molecule has 2 rings (SSSR count). The number of hydrogen-bond acceptors (Lipinski definition) is 4. The van der Waals surface area contributed by atoms with Gasteiger partial charge in [0.1, 0.15) is 5.60 Å². The second-order valence-corrected chi connectivity index (χ2v) is 8.11. The quantitative estimate of drug-likeness (QED) is 0.761. The van der Waals surface area contributed by atoms with Crippen LogP contribution in [-0.2, 0) is 9.57 Å². The Morgan fingerprint density at radius 3 is 2.52 bits per heavy atom. The third-order valence-corrected chi connectivity index (χ3v) is 4.45. The molecule has 0 heterocycles. The van der Waals surface area contributed by atoms with Crippen molar-refractivity contribution in [1.29, 1.82) is 0 Å². The largest absolute Gasteiger partial charge is 0.443 e. The van der Waals surface area contributed by atoms with Crippen molar-refractivity contribution in [2.24, 2.45) is 0 Å². The van der Waals surface area contributed by atoms with E-state index in [0.29, 0.717) is 0 Å². The van der Waals surface area contributed by atoms with E-state index in [9.17, 15) is 4.79 Å². The summed E-state index contributed by atoms with van der Waals surface area (Å²) in [5.74, 6) is 0. The van der Waals surface area contributed by atoms with Gasteiger partial charge in [-0.1, -0.05) is 6.08 Å². The third-order valence-electron chi connectivity index (χ3n) is 4.45. The van der Waals surface area contributed by atoms with E-state index in [-0.39, 0.29) is 23.3 Å². The van der Waals surface area contributed by atoms with Crippen molar-refractivity contribution in [3.8, 4) is 0 Å². The van der Waals surface area contributed by atoms with Gasteiger partial charge >= 0.3 is 6.09 Å². The highest BCUT2D eigenvalue weighted by atomic mass is 16.7. The summed E-state index contributed by atoms with van der Waals surface area (Å²) >= 11 is 0. The molecule has 0 bridgehead atoms. The Hall–Kier alpha value is -1.23. The zero-order valence-corrected chi connectivity index (χ0v) is 15.0. The molecule has 132 valence electrons. The average molecular weight is 324 g/mol. The molecule has 5 nitrogen and oxygen atoms in total. The summed E-state index contributed by atoms with van der Waals surface area (Å²) in [7, 11) is 0. The Labute approximate surface area is 140 Å². The molecule has 2 N–H and O–H groups in total. The van der Waals surface area contributed by atoms with Gasteiger partial charge in [0, 0.05) is 11.2 Å². The van der Waals surface area contributed by atoms with Crippen LogP contribution in [0.5, 0.6) is 0 Å². The molecule has 0 unspecified atom stereocenters. The second kappa shape index (κ2) is 7.56. The highest BCUT2D eigenvalue weighted by molar-refractivity contribution is 5.68. The number of nitrogens with one attached hydrogen (secondary N) is 2. The van der Waals surface area contributed by atoms with Crippen LogP contribution in [0.2, 0.25) is 0 Å². The summed E-state index contributed by atoms with van der Waals surface area (Å²) in [6.45, 7) is 7.87. The topological polar surface area (TPSA) is 59.6 Å². The molecule has 23 heavy (non-hydrogen) atoms. The molecule has 2 aliphatic rings. The second-order valence-electron chi connectivity index (χ2n) is 8.11. The minimum absolute atomic E-state index is 0.195. The Kier molecular flexibility index (Phi) is 5.95. The van der Waals surface area contributed by atoms with Gasteiger partial charge in [-0.15, -0.1) is 0 Å². The molecule has 0 atom stereocenters. The van der Waals surface area contributed by atoms with Crippen molar-refractivity contribution in [2.45, 2.75) is 96.3 Å². The van der Waals surface area contributed by atoms with Crippen LogP contribution >= 0.6 is 0 Å². The van der Waals surface area contributed by atoms with Crippen LogP contribution in [0.3, 0.4) is 0 Å². The lowest BCUT2D eigenvalue weighted by molar-refractivity contribution is -0.0785. The minimum Gasteiger partial charge on any atom is -0.443 e. The van der Waals surface area contributed by atoms with Crippen LogP contribution in [-0.4, -0.2) is 23.3 Å². The van der Waals surface area contributed by atoms with E-state index in [1.54, 1.807) is 0 Å². The zero-order valence-electron chi connectivity index (χ0n) is 15.0. The van der Waals surface area contributed by atoms with Crippen molar-refractivity contribution < 1.29 is 14.4 Å². The van der Waals surface area contributed by atoms with Crippen LogP contribution in [0, 0.1) is 0 Å². The number of allylic oxidation sites excluding steroid dienone is 2. The Bertz CT molecular complexity index is 432. The molecular formula is C18H32N2O3. The predicted octanol–water partition coefficient (Wildman–Crippen LogP) is 4.19. The predicted molar refractivity (Wildman–Crippen MR) is 90.8 cm³/mol. The van der Waals surface area contributed by atoms with E-state index in [0.717, 1.165) is 38.5 Å². The fourth-order valence-electron chi connectivity index (χ4n) is 3.07. The zero-order chi connectivity index (χ0) is 16.9. The fraction of sp³-hybridized carbons (Fsp3) is 0.833. The van der Waals surface area contributed by atoms with Crippen LogP contribution in [0.15, 0.2) is 11.8 Å². The minimum atomic E-state index is -0.390. The molecule has 1 amide bonds. The molecule has 0 saturated heterocycles. The standard InChI is InChI=1S/C18H32N2O3/c1-17(2,3)19-16(21)22-18(4)12-10-15(11-13-18)23-20-14-8-6-5-7-9-14/h8,15,20H,5-7,9-13H2,1-4H3,(H,19,21). The summed E-state index contributed by atoms with van der Waals surface area (Å²) in [6.07, 6.45) is 10.3.